The first kappa shape index (κ1) is 51.2. The van der Waals surface area contributed by atoms with Crippen LogP contribution in [0.1, 0.15) is 60.5 Å². The van der Waals surface area contributed by atoms with Gasteiger partial charge in [-0.2, -0.15) is 11.8 Å². The summed E-state index contributed by atoms with van der Waals surface area (Å²) in [6.45, 7) is 2.68. The lowest BCUT2D eigenvalue weighted by molar-refractivity contribution is -0.139. The van der Waals surface area contributed by atoms with E-state index in [4.69, 9.17) is 28.7 Å². The van der Waals surface area contributed by atoms with E-state index >= 15 is 0 Å². The highest BCUT2D eigenvalue weighted by atomic mass is 32.2. The predicted octanol–water partition coefficient (Wildman–Crippen LogP) is 5.37. The van der Waals surface area contributed by atoms with Crippen LogP contribution in [0.15, 0.2) is 119 Å². The van der Waals surface area contributed by atoms with Gasteiger partial charge in [-0.25, -0.2) is 23.0 Å². The maximum absolute atomic E-state index is 15.0. The number of amides is 5. The Hall–Kier alpha value is -6.15. The first-order valence-corrected chi connectivity index (χ1v) is 27.0. The predicted molar refractivity (Wildman–Crippen MR) is 268 cm³/mol. The smallest absolute Gasteiger partial charge is 0.407 e. The second-order valence-electron chi connectivity index (χ2n) is 17.8. The third-order valence-corrected chi connectivity index (χ3v) is 16.0. The van der Waals surface area contributed by atoms with Gasteiger partial charge in [0.05, 0.1) is 62.4 Å². The van der Waals surface area contributed by atoms with Crippen molar-refractivity contribution in [3.63, 3.8) is 0 Å². The van der Waals surface area contributed by atoms with E-state index < -0.39 is 27.6 Å². The fourth-order valence-corrected chi connectivity index (χ4v) is 12.0. The molecular formula is C52H62N6O11S2. The van der Waals surface area contributed by atoms with Crippen LogP contribution < -0.4 is 26.0 Å². The van der Waals surface area contributed by atoms with E-state index in [1.165, 1.54) is 0 Å². The van der Waals surface area contributed by atoms with Crippen LogP contribution in [0.3, 0.4) is 0 Å². The number of sulfone groups is 1. The number of thioether (sulfide) groups is 1. The summed E-state index contributed by atoms with van der Waals surface area (Å²) in [6.07, 6.45) is 2.54. The maximum atomic E-state index is 15.0. The quantitative estimate of drug-likeness (QED) is 0.0462. The van der Waals surface area contributed by atoms with Gasteiger partial charge in [-0.1, -0.05) is 79.2 Å². The Morgan fingerprint density at radius 3 is 2.30 bits per heavy atom. The number of nitrogens with one attached hydrogen (secondary N) is 4. The molecule has 3 unspecified atom stereocenters. The van der Waals surface area contributed by atoms with Crippen LogP contribution in [0.5, 0.6) is 5.75 Å². The van der Waals surface area contributed by atoms with Crippen molar-refractivity contribution in [1.29, 1.82) is 0 Å². The number of urea groups is 1. The average molecular weight is 1010 g/mol. The average Bonchev–Trinajstić information content (AvgIpc) is 4.06. The van der Waals surface area contributed by atoms with Crippen molar-refractivity contribution < 1.29 is 51.3 Å². The van der Waals surface area contributed by atoms with Crippen molar-refractivity contribution in [3.05, 3.63) is 131 Å². The Kier molecular flexibility index (Phi) is 17.9. The number of alkyl carbamates (subject to hydrolysis) is 1. The third kappa shape index (κ3) is 13.6. The molecule has 0 spiro atoms. The maximum Gasteiger partial charge on any atom is 0.407 e. The number of unbranched alkanes of at least 4 members (excludes halogenated alkanes) is 1. The number of hydrogen-bond donors (Lipinski definition) is 4. The summed E-state index contributed by atoms with van der Waals surface area (Å²) in [5.74, 6) is 1.26. The lowest BCUT2D eigenvalue weighted by atomic mass is 9.81. The Balaban J connectivity index is 0.723. The zero-order valence-corrected chi connectivity index (χ0v) is 41.3. The van der Waals surface area contributed by atoms with Crippen molar-refractivity contribution in [2.45, 2.75) is 78.9 Å². The number of aliphatic imine (C=N–C) groups is 1. The number of hydrogen-bond acceptors (Lipinski definition) is 13. The Labute approximate surface area is 419 Å². The van der Waals surface area contributed by atoms with Crippen molar-refractivity contribution in [3.8, 4) is 5.75 Å². The van der Waals surface area contributed by atoms with Crippen LogP contribution in [-0.2, 0) is 51.3 Å². The molecule has 0 saturated carbocycles. The van der Waals surface area contributed by atoms with Crippen LogP contribution >= 0.6 is 11.8 Å². The summed E-state index contributed by atoms with van der Waals surface area (Å²) in [4.78, 5) is 57.8. The number of carbonyl (C=O) groups is 4. The van der Waals surface area contributed by atoms with Gasteiger partial charge < -0.3 is 49.9 Å². The molecule has 4 aliphatic rings. The number of ether oxygens (including phenoxy) is 5. The first-order valence-electron chi connectivity index (χ1n) is 24.3. The minimum Gasteiger partial charge on any atom is -0.493 e. The first-order chi connectivity index (χ1) is 34.6. The highest BCUT2D eigenvalue weighted by Gasteiger charge is 2.57. The van der Waals surface area contributed by atoms with Gasteiger partial charge in [0, 0.05) is 67.6 Å². The number of rotatable bonds is 26. The van der Waals surface area contributed by atoms with Crippen LogP contribution in [-0.4, -0.2) is 137 Å². The normalized spacial score (nSPS) is 21.1. The number of carbonyl (C=O) groups excluding carboxylic acids is 4. The van der Waals surface area contributed by atoms with Gasteiger partial charge in [-0.05, 0) is 60.4 Å². The molecule has 4 N–H and O–H groups in total. The molecule has 8 rings (SSSR count). The van der Waals surface area contributed by atoms with Gasteiger partial charge in [0.15, 0.2) is 21.5 Å². The SMILES string of the molecule is O=C(CCCCC1SCC2NC(=O)NC21)NCCOCCOCCNC(=O)OCCCOc1ccc(C2=N[C@]3(Cc4ccccc4)C(=O)N(CCS(=O)(=O)c4ccccc4)Cc4ccccc4[C@@H]3O2)cc1. The lowest BCUT2D eigenvalue weighted by Crippen LogP contribution is -2.50. The van der Waals surface area contributed by atoms with Gasteiger partial charge in [0.2, 0.25) is 11.8 Å². The molecular weight excluding hydrogens is 949 g/mol. The number of benzene rings is 4. The highest BCUT2D eigenvalue weighted by molar-refractivity contribution is 8.00. The van der Waals surface area contributed by atoms with Crippen molar-refractivity contribution >= 4 is 51.4 Å². The molecule has 0 bridgehead atoms. The van der Waals surface area contributed by atoms with Crippen molar-refractivity contribution in [2.75, 3.05) is 70.8 Å². The van der Waals surface area contributed by atoms with Crippen LogP contribution in [0, 0.1) is 0 Å². The Bertz CT molecular complexity index is 2570. The summed E-state index contributed by atoms with van der Waals surface area (Å²) in [6, 6.07) is 33.2. The molecule has 2 fully saturated rings. The van der Waals surface area contributed by atoms with E-state index in [1.807, 2.05) is 78.5 Å². The molecule has 5 atom stereocenters. The molecule has 5 amide bonds. The van der Waals surface area contributed by atoms with Crippen LogP contribution in [0.4, 0.5) is 9.59 Å². The van der Waals surface area contributed by atoms with E-state index in [0.717, 1.165) is 41.7 Å². The van der Waals surface area contributed by atoms with E-state index in [9.17, 15) is 27.6 Å². The third-order valence-electron chi connectivity index (χ3n) is 12.8. The van der Waals surface area contributed by atoms with Crippen molar-refractivity contribution in [1.82, 2.24) is 26.2 Å². The van der Waals surface area contributed by atoms with Gasteiger partial charge in [-0.15, -0.1) is 0 Å². The summed E-state index contributed by atoms with van der Waals surface area (Å²) < 4.78 is 55.8. The van der Waals surface area contributed by atoms with E-state index in [1.54, 1.807) is 47.4 Å². The summed E-state index contributed by atoms with van der Waals surface area (Å²) in [7, 11) is -3.68. The van der Waals surface area contributed by atoms with Gasteiger partial charge in [0.25, 0.3) is 5.91 Å². The van der Waals surface area contributed by atoms with Gasteiger partial charge in [-0.3, -0.25) is 9.59 Å². The van der Waals surface area contributed by atoms with Gasteiger partial charge >= 0.3 is 12.1 Å². The molecule has 71 heavy (non-hydrogen) atoms. The summed E-state index contributed by atoms with van der Waals surface area (Å²) >= 11 is 1.88. The van der Waals surface area contributed by atoms with Crippen LogP contribution in [0.25, 0.3) is 0 Å². The zero-order chi connectivity index (χ0) is 49.5. The van der Waals surface area contributed by atoms with Crippen molar-refractivity contribution in [2.24, 2.45) is 4.99 Å². The van der Waals surface area contributed by atoms with E-state index in [0.29, 0.717) is 68.3 Å². The van der Waals surface area contributed by atoms with Crippen LogP contribution in [0.2, 0.25) is 0 Å². The second-order valence-corrected chi connectivity index (χ2v) is 21.2. The molecule has 17 nitrogen and oxygen atoms in total. The Morgan fingerprint density at radius 2 is 1.52 bits per heavy atom. The number of fused-ring (bicyclic) bond motifs is 4. The summed E-state index contributed by atoms with van der Waals surface area (Å²) in [5.41, 5.74) is 1.81. The monoisotopic (exact) mass is 1010 g/mol. The largest absolute Gasteiger partial charge is 0.493 e. The molecule has 4 aliphatic heterocycles. The molecule has 4 aromatic rings. The minimum atomic E-state index is -3.68. The topological polar surface area (TPSA) is 212 Å². The molecule has 0 aliphatic carbocycles. The molecule has 2 saturated heterocycles. The fourth-order valence-electron chi connectivity index (χ4n) is 9.18. The zero-order valence-electron chi connectivity index (χ0n) is 39.6. The Morgan fingerprint density at radius 1 is 0.803 bits per heavy atom. The molecule has 4 aromatic carbocycles. The molecule has 378 valence electrons. The lowest BCUT2D eigenvalue weighted by Gasteiger charge is -2.32. The summed E-state index contributed by atoms with van der Waals surface area (Å²) in [5, 5.41) is 11.9. The fraction of sp³-hybridized carbons (Fsp3) is 0.442. The van der Waals surface area contributed by atoms with Gasteiger partial charge in [0.1, 0.15) is 5.75 Å². The standard InChI is InChI=1S/C52H62N6O11S2/c59-45(19-10-9-18-44-46-43(36-70-44)55-50(61)56-46)53-24-29-65-31-32-66-30-25-54-51(62)68-28-11-27-67-40-22-20-38(21-23-40)48-57-52(34-37-12-3-1-4-13-37)47(69-48)42-17-8-7-14-39(42)35-58(49(52)60)26-33-71(63,64)41-15-5-2-6-16-41/h1-8,12-17,20-23,43-44,46-47H,9-11,18-19,24-36H2,(H,53,59)(H,54,62)(H2,55,56,61)/t43?,44?,46?,47-,52-/m0/s1. The van der Waals surface area contributed by atoms with E-state index in [-0.39, 0.29) is 79.8 Å². The molecule has 19 heteroatoms. The number of nitrogens with zero attached hydrogens (tertiary/aromatic N) is 2. The highest BCUT2D eigenvalue weighted by Crippen LogP contribution is 2.46. The minimum absolute atomic E-state index is 0.000833. The molecule has 0 aromatic heterocycles. The van der Waals surface area contributed by atoms with E-state index in [2.05, 4.69) is 21.3 Å². The second kappa shape index (κ2) is 24.8. The molecule has 0 radical (unpaired) electrons. The molecule has 4 heterocycles.